The van der Waals surface area contributed by atoms with Crippen LogP contribution in [0.1, 0.15) is 21.7 Å². The van der Waals surface area contributed by atoms with Crippen LogP contribution in [0.15, 0.2) is 30.6 Å². The van der Waals surface area contributed by atoms with Crippen LogP contribution in [0.2, 0.25) is 0 Å². The third-order valence-electron chi connectivity index (χ3n) is 3.96. The van der Waals surface area contributed by atoms with Crippen LogP contribution in [-0.4, -0.2) is 50.8 Å². The van der Waals surface area contributed by atoms with Gasteiger partial charge in [0.2, 0.25) is 5.88 Å². The van der Waals surface area contributed by atoms with E-state index in [4.69, 9.17) is 4.74 Å². The molecule has 3 N–H and O–H groups in total. The Morgan fingerprint density at radius 3 is 2.69 bits per heavy atom. The molecule has 0 fully saturated rings. The average Bonchev–Trinajstić information content (AvgIpc) is 3.05. The Balaban J connectivity index is 1.55. The maximum Gasteiger partial charge on any atom is 0.258 e. The van der Waals surface area contributed by atoms with Crippen LogP contribution < -0.4 is 20.7 Å². The van der Waals surface area contributed by atoms with E-state index < -0.39 is 0 Å². The van der Waals surface area contributed by atoms with Crippen molar-refractivity contribution in [3.8, 4) is 5.88 Å². The number of aromatic nitrogens is 5. The van der Waals surface area contributed by atoms with E-state index in [1.54, 1.807) is 25.5 Å². The van der Waals surface area contributed by atoms with Gasteiger partial charge >= 0.3 is 0 Å². The van der Waals surface area contributed by atoms with Crippen LogP contribution >= 0.6 is 0 Å². The van der Waals surface area contributed by atoms with Crippen LogP contribution in [0.25, 0.3) is 0 Å². The zero-order valence-corrected chi connectivity index (χ0v) is 16.9. The molecule has 0 unspecified atom stereocenters. The fourth-order valence-electron chi connectivity index (χ4n) is 2.69. The van der Waals surface area contributed by atoms with Crippen molar-refractivity contribution in [3.63, 3.8) is 0 Å². The maximum atomic E-state index is 12.3. The van der Waals surface area contributed by atoms with Crippen LogP contribution in [0.3, 0.4) is 0 Å². The van der Waals surface area contributed by atoms with E-state index >= 15 is 0 Å². The quantitative estimate of drug-likeness (QED) is 0.493. The number of hydrogen-bond acceptors (Lipinski definition) is 8. The van der Waals surface area contributed by atoms with Crippen LogP contribution in [0.4, 0.5) is 17.5 Å². The zero-order valence-electron chi connectivity index (χ0n) is 16.9. The van der Waals surface area contributed by atoms with Gasteiger partial charge in [0.15, 0.2) is 0 Å². The van der Waals surface area contributed by atoms with Crippen molar-refractivity contribution in [2.24, 2.45) is 7.05 Å². The molecule has 0 aliphatic rings. The molecule has 0 saturated carbocycles. The minimum absolute atomic E-state index is 0.247. The molecule has 0 saturated heterocycles. The number of aryl methyl sites for hydroxylation is 3. The average molecular weight is 396 g/mol. The van der Waals surface area contributed by atoms with Crippen molar-refractivity contribution in [1.82, 2.24) is 30.0 Å². The summed E-state index contributed by atoms with van der Waals surface area (Å²) in [6.45, 7) is 4.71. The molecule has 29 heavy (non-hydrogen) atoms. The number of anilines is 3. The van der Waals surface area contributed by atoms with Gasteiger partial charge in [0.05, 0.1) is 7.11 Å². The molecule has 3 heterocycles. The molecular weight excluding hydrogens is 372 g/mol. The molecule has 0 atom stereocenters. The van der Waals surface area contributed by atoms with Crippen molar-refractivity contribution in [2.75, 3.05) is 30.8 Å². The molecule has 3 aromatic heterocycles. The highest BCUT2D eigenvalue weighted by Gasteiger charge is 2.15. The molecule has 10 nitrogen and oxygen atoms in total. The lowest BCUT2D eigenvalue weighted by molar-refractivity contribution is 0.0952. The largest absolute Gasteiger partial charge is 0.479 e. The van der Waals surface area contributed by atoms with E-state index in [9.17, 15) is 4.79 Å². The molecule has 152 valence electrons. The first kappa shape index (κ1) is 20.1. The number of ether oxygens (including phenoxy) is 1. The molecule has 0 aliphatic carbocycles. The summed E-state index contributed by atoms with van der Waals surface area (Å²) in [5, 5.41) is 13.3. The van der Waals surface area contributed by atoms with Gasteiger partial charge in [0.25, 0.3) is 5.91 Å². The predicted octanol–water partition coefficient (Wildman–Crippen LogP) is 1.82. The highest BCUT2D eigenvalue weighted by molar-refractivity contribution is 5.96. The Morgan fingerprint density at radius 2 is 1.93 bits per heavy atom. The Labute approximate surface area is 168 Å². The van der Waals surface area contributed by atoms with E-state index in [-0.39, 0.29) is 5.91 Å². The standard InChI is InChI=1S/C19H24N8O2/c1-12-5-6-20-15(9-12)25-17-10-16(23-13(2)24-17)21-7-8-22-18(28)14-11-27(3)26-19(14)29-4/h5-6,9-11H,7-8H2,1-4H3,(H,22,28)(H2,20,21,23,24,25). The summed E-state index contributed by atoms with van der Waals surface area (Å²) in [4.78, 5) is 25.3. The van der Waals surface area contributed by atoms with Gasteiger partial charge in [-0.05, 0) is 31.5 Å². The molecule has 3 aromatic rings. The zero-order chi connectivity index (χ0) is 20.8. The van der Waals surface area contributed by atoms with Gasteiger partial charge in [-0.2, -0.15) is 0 Å². The number of pyridine rings is 1. The number of rotatable bonds is 8. The number of methoxy groups -OCH3 is 1. The maximum absolute atomic E-state index is 12.3. The van der Waals surface area contributed by atoms with E-state index in [0.717, 1.165) is 5.56 Å². The second-order valence-electron chi connectivity index (χ2n) is 6.44. The number of nitrogens with zero attached hydrogens (tertiary/aromatic N) is 5. The number of carbonyl (C=O) groups excluding carboxylic acids is 1. The Bertz CT molecular complexity index is 1000. The monoisotopic (exact) mass is 396 g/mol. The molecule has 0 radical (unpaired) electrons. The van der Waals surface area contributed by atoms with E-state index in [1.807, 2.05) is 26.0 Å². The first-order valence-electron chi connectivity index (χ1n) is 9.09. The van der Waals surface area contributed by atoms with Crippen LogP contribution in [-0.2, 0) is 7.05 Å². The fourth-order valence-corrected chi connectivity index (χ4v) is 2.69. The number of nitrogens with one attached hydrogen (secondary N) is 3. The summed E-state index contributed by atoms with van der Waals surface area (Å²) in [6.07, 6.45) is 3.36. The molecule has 0 aliphatic heterocycles. The second kappa shape index (κ2) is 9.00. The van der Waals surface area contributed by atoms with Crippen molar-refractivity contribution < 1.29 is 9.53 Å². The van der Waals surface area contributed by atoms with Crippen LogP contribution in [0, 0.1) is 13.8 Å². The molecule has 1 amide bonds. The Morgan fingerprint density at radius 1 is 1.14 bits per heavy atom. The lowest BCUT2D eigenvalue weighted by Gasteiger charge is -2.10. The van der Waals surface area contributed by atoms with Crippen molar-refractivity contribution in [1.29, 1.82) is 0 Å². The third-order valence-corrected chi connectivity index (χ3v) is 3.96. The number of carbonyl (C=O) groups is 1. The first-order chi connectivity index (χ1) is 13.9. The summed E-state index contributed by atoms with van der Waals surface area (Å²) >= 11 is 0. The summed E-state index contributed by atoms with van der Waals surface area (Å²) in [5.74, 6) is 2.68. The molecule has 10 heteroatoms. The minimum Gasteiger partial charge on any atom is -0.479 e. The van der Waals surface area contributed by atoms with Gasteiger partial charge in [0.1, 0.15) is 28.8 Å². The molecule has 0 aromatic carbocycles. The lowest BCUT2D eigenvalue weighted by Crippen LogP contribution is -2.29. The highest BCUT2D eigenvalue weighted by Crippen LogP contribution is 2.17. The normalized spacial score (nSPS) is 10.5. The van der Waals surface area contributed by atoms with Gasteiger partial charge in [-0.1, -0.05) is 0 Å². The summed E-state index contributed by atoms with van der Waals surface area (Å²) in [5.41, 5.74) is 1.50. The molecular formula is C19H24N8O2. The Kier molecular flexibility index (Phi) is 6.22. The van der Waals surface area contributed by atoms with E-state index in [0.29, 0.717) is 47.8 Å². The lowest BCUT2D eigenvalue weighted by atomic mass is 10.3. The SMILES string of the molecule is COc1nn(C)cc1C(=O)NCCNc1cc(Nc2cc(C)ccn2)nc(C)n1. The summed E-state index contributed by atoms with van der Waals surface area (Å²) in [7, 11) is 3.21. The van der Waals surface area contributed by atoms with Gasteiger partial charge in [-0.3, -0.25) is 9.48 Å². The smallest absolute Gasteiger partial charge is 0.258 e. The number of amides is 1. The van der Waals surface area contributed by atoms with Gasteiger partial charge in [-0.15, -0.1) is 5.10 Å². The third kappa shape index (κ3) is 5.41. The fraction of sp³-hybridized carbons (Fsp3) is 0.316. The van der Waals surface area contributed by atoms with Crippen molar-refractivity contribution in [2.45, 2.75) is 13.8 Å². The molecule has 3 rings (SSSR count). The second-order valence-corrected chi connectivity index (χ2v) is 6.44. The highest BCUT2D eigenvalue weighted by atomic mass is 16.5. The van der Waals surface area contributed by atoms with E-state index in [1.165, 1.54) is 11.8 Å². The number of hydrogen-bond donors (Lipinski definition) is 3. The minimum atomic E-state index is -0.247. The first-order valence-corrected chi connectivity index (χ1v) is 9.09. The topological polar surface area (TPSA) is 119 Å². The van der Waals surface area contributed by atoms with Crippen molar-refractivity contribution in [3.05, 3.63) is 47.5 Å². The predicted molar refractivity (Wildman–Crippen MR) is 110 cm³/mol. The molecule has 0 bridgehead atoms. The van der Waals surface area contributed by atoms with Gasteiger partial charge < -0.3 is 20.7 Å². The molecule has 0 spiro atoms. The summed E-state index contributed by atoms with van der Waals surface area (Å²) in [6, 6.07) is 5.66. The van der Waals surface area contributed by atoms with E-state index in [2.05, 4.69) is 36.0 Å². The van der Waals surface area contributed by atoms with Crippen LogP contribution in [0.5, 0.6) is 5.88 Å². The van der Waals surface area contributed by atoms with Crippen molar-refractivity contribution >= 4 is 23.4 Å². The van der Waals surface area contributed by atoms with Gasteiger partial charge in [-0.25, -0.2) is 15.0 Å². The van der Waals surface area contributed by atoms with Gasteiger partial charge in [0, 0.05) is 38.6 Å². The Hall–Kier alpha value is -3.69. The summed E-state index contributed by atoms with van der Waals surface area (Å²) < 4.78 is 6.64.